The number of sulfone groups is 1. The Morgan fingerprint density at radius 1 is 1.37 bits per heavy atom. The minimum Gasteiger partial charge on any atom is -0.395 e. The maximum absolute atomic E-state index is 12.0. The Bertz CT molecular complexity index is 539. The summed E-state index contributed by atoms with van der Waals surface area (Å²) in [6.07, 6.45) is 0. The zero-order valence-electron chi connectivity index (χ0n) is 11.2. The number of nitrogens with zero attached hydrogens (tertiary/aromatic N) is 1. The van der Waals surface area contributed by atoms with Gasteiger partial charge in [0.1, 0.15) is 5.75 Å². The third kappa shape index (κ3) is 4.65. The molecule has 1 rings (SSSR count). The van der Waals surface area contributed by atoms with Gasteiger partial charge in [0.25, 0.3) is 0 Å². The monoisotopic (exact) mass is 285 g/mol. The molecule has 0 saturated carbocycles. The second-order valence-corrected chi connectivity index (χ2v) is 6.48. The molecule has 0 aliphatic carbocycles. The number of rotatable bonds is 6. The summed E-state index contributed by atoms with van der Waals surface area (Å²) in [4.78, 5) is 13.5. The predicted octanol–water partition coefficient (Wildman–Crippen LogP) is 0.755. The molecular formula is C13H19NO4S. The molecule has 0 aliphatic rings. The van der Waals surface area contributed by atoms with Crippen LogP contribution in [0.3, 0.4) is 0 Å². The first-order valence-electron chi connectivity index (χ1n) is 6.08. The van der Waals surface area contributed by atoms with Crippen molar-refractivity contribution >= 4 is 21.4 Å². The van der Waals surface area contributed by atoms with Crippen molar-refractivity contribution in [3.8, 4) is 0 Å². The number of anilines is 1. The van der Waals surface area contributed by atoms with E-state index in [2.05, 4.69) is 0 Å². The molecule has 0 radical (unpaired) electrons. The molecular weight excluding hydrogens is 266 g/mol. The van der Waals surface area contributed by atoms with Crippen LogP contribution < -0.4 is 4.90 Å². The summed E-state index contributed by atoms with van der Waals surface area (Å²) in [7, 11) is -3.55. The van der Waals surface area contributed by atoms with Crippen molar-refractivity contribution in [2.45, 2.75) is 13.8 Å². The lowest BCUT2D eigenvalue weighted by molar-refractivity contribution is -0.116. The summed E-state index contributed by atoms with van der Waals surface area (Å²) < 4.78 is 23.1. The number of aryl methyl sites for hydroxylation is 1. The van der Waals surface area contributed by atoms with Crippen molar-refractivity contribution in [1.29, 1.82) is 0 Å². The molecule has 19 heavy (non-hydrogen) atoms. The minimum atomic E-state index is -3.55. The average molecular weight is 285 g/mol. The quantitative estimate of drug-likeness (QED) is 0.837. The highest BCUT2D eigenvalue weighted by atomic mass is 32.2. The van der Waals surface area contributed by atoms with Crippen molar-refractivity contribution in [3.05, 3.63) is 29.8 Å². The lowest BCUT2D eigenvalue weighted by atomic mass is 10.2. The molecule has 0 saturated heterocycles. The molecule has 0 heterocycles. The Morgan fingerprint density at radius 2 is 2.05 bits per heavy atom. The number of carbonyl (C=O) groups is 1. The third-order valence-electron chi connectivity index (χ3n) is 2.68. The molecule has 106 valence electrons. The van der Waals surface area contributed by atoms with E-state index < -0.39 is 28.1 Å². The van der Waals surface area contributed by atoms with Gasteiger partial charge < -0.3 is 10.0 Å². The predicted molar refractivity (Wildman–Crippen MR) is 74.9 cm³/mol. The van der Waals surface area contributed by atoms with Gasteiger partial charge in [-0.1, -0.05) is 12.1 Å². The van der Waals surface area contributed by atoms with E-state index in [1.54, 1.807) is 13.0 Å². The molecule has 1 aromatic carbocycles. The molecule has 1 N–H and O–H groups in total. The van der Waals surface area contributed by atoms with Crippen LogP contribution in [0.1, 0.15) is 12.5 Å². The second-order valence-electron chi connectivity index (χ2n) is 4.29. The normalized spacial score (nSPS) is 11.3. The molecule has 0 atom stereocenters. The smallest absolute Gasteiger partial charge is 0.242 e. The van der Waals surface area contributed by atoms with Crippen LogP contribution in [0.4, 0.5) is 5.69 Å². The van der Waals surface area contributed by atoms with Crippen molar-refractivity contribution < 1.29 is 18.3 Å². The van der Waals surface area contributed by atoms with Gasteiger partial charge in [-0.15, -0.1) is 0 Å². The number of aliphatic hydroxyl groups is 1. The Hall–Kier alpha value is -1.40. The van der Waals surface area contributed by atoms with Crippen LogP contribution in [0, 0.1) is 6.92 Å². The van der Waals surface area contributed by atoms with Gasteiger partial charge >= 0.3 is 0 Å². The molecule has 1 amide bonds. The fourth-order valence-corrected chi connectivity index (χ4v) is 2.73. The van der Waals surface area contributed by atoms with E-state index in [0.29, 0.717) is 12.2 Å². The summed E-state index contributed by atoms with van der Waals surface area (Å²) in [6.45, 7) is 3.63. The first kappa shape index (κ1) is 15.7. The Morgan fingerprint density at radius 3 is 2.58 bits per heavy atom. The Balaban J connectivity index is 2.89. The largest absolute Gasteiger partial charge is 0.395 e. The number of hydrogen-bond donors (Lipinski definition) is 1. The Labute approximate surface area is 113 Å². The van der Waals surface area contributed by atoms with Gasteiger partial charge in [0, 0.05) is 12.2 Å². The zero-order chi connectivity index (χ0) is 14.5. The van der Waals surface area contributed by atoms with E-state index in [-0.39, 0.29) is 5.75 Å². The lowest BCUT2D eigenvalue weighted by Gasteiger charge is -2.21. The number of benzene rings is 1. The van der Waals surface area contributed by atoms with E-state index in [1.807, 2.05) is 25.1 Å². The minimum absolute atomic E-state index is 0.385. The van der Waals surface area contributed by atoms with Crippen LogP contribution in [-0.4, -0.2) is 44.1 Å². The first-order valence-corrected chi connectivity index (χ1v) is 7.90. The second kappa shape index (κ2) is 6.68. The maximum atomic E-state index is 12.0. The van der Waals surface area contributed by atoms with E-state index in [4.69, 9.17) is 5.11 Å². The summed E-state index contributed by atoms with van der Waals surface area (Å²) in [6, 6.07) is 7.33. The summed E-state index contributed by atoms with van der Waals surface area (Å²) in [5.74, 6) is -1.43. The van der Waals surface area contributed by atoms with Crippen molar-refractivity contribution in [3.63, 3.8) is 0 Å². The lowest BCUT2D eigenvalue weighted by Crippen LogP contribution is -2.36. The Kier molecular flexibility index (Phi) is 5.50. The van der Waals surface area contributed by atoms with Gasteiger partial charge in [-0.2, -0.15) is 0 Å². The third-order valence-corrected chi connectivity index (χ3v) is 4.17. The van der Waals surface area contributed by atoms with Crippen LogP contribution in [0.15, 0.2) is 24.3 Å². The van der Waals surface area contributed by atoms with Crippen molar-refractivity contribution in [2.24, 2.45) is 0 Å². The topological polar surface area (TPSA) is 74.7 Å². The first-order chi connectivity index (χ1) is 8.89. The molecule has 1 aromatic rings. The molecule has 0 bridgehead atoms. The fourth-order valence-electron chi connectivity index (χ4n) is 1.78. The van der Waals surface area contributed by atoms with Crippen LogP contribution in [0.2, 0.25) is 0 Å². The van der Waals surface area contributed by atoms with Gasteiger partial charge in [-0.3, -0.25) is 4.79 Å². The van der Waals surface area contributed by atoms with E-state index in [1.165, 1.54) is 4.90 Å². The number of hydrogen-bond acceptors (Lipinski definition) is 4. The summed E-state index contributed by atoms with van der Waals surface area (Å²) in [5.41, 5.74) is 1.69. The van der Waals surface area contributed by atoms with Crippen LogP contribution in [0.25, 0.3) is 0 Å². The molecule has 0 unspecified atom stereocenters. The van der Waals surface area contributed by atoms with Crippen LogP contribution in [-0.2, 0) is 14.6 Å². The van der Waals surface area contributed by atoms with E-state index >= 15 is 0 Å². The van der Waals surface area contributed by atoms with Gasteiger partial charge in [0.2, 0.25) is 5.91 Å². The van der Waals surface area contributed by atoms with Gasteiger partial charge in [-0.05, 0) is 31.5 Å². The van der Waals surface area contributed by atoms with E-state index in [9.17, 15) is 13.2 Å². The number of carbonyl (C=O) groups excluding carboxylic acids is 1. The van der Waals surface area contributed by atoms with Crippen molar-refractivity contribution in [2.75, 3.05) is 29.6 Å². The summed E-state index contributed by atoms with van der Waals surface area (Å²) in [5, 5.41) is 8.66. The molecule has 0 fully saturated rings. The molecule has 5 nitrogen and oxygen atoms in total. The average Bonchev–Trinajstić information content (AvgIpc) is 2.28. The number of amides is 1. The molecule has 0 spiro atoms. The van der Waals surface area contributed by atoms with Gasteiger partial charge in [-0.25, -0.2) is 8.42 Å². The van der Waals surface area contributed by atoms with Crippen LogP contribution in [0.5, 0.6) is 0 Å². The standard InChI is InChI=1S/C13H19NO4S/c1-3-14(12-6-4-5-11(2)9-12)13(16)10-19(17,18)8-7-15/h4-6,9,15H,3,7-8,10H2,1-2H3. The highest BCUT2D eigenvalue weighted by Crippen LogP contribution is 2.16. The van der Waals surface area contributed by atoms with Gasteiger partial charge in [0.15, 0.2) is 9.84 Å². The SMILES string of the molecule is CCN(C(=O)CS(=O)(=O)CCO)c1cccc(C)c1. The molecule has 0 aromatic heterocycles. The molecule has 6 heteroatoms. The fraction of sp³-hybridized carbons (Fsp3) is 0.462. The highest BCUT2D eigenvalue weighted by molar-refractivity contribution is 7.92. The summed E-state index contributed by atoms with van der Waals surface area (Å²) >= 11 is 0. The van der Waals surface area contributed by atoms with Gasteiger partial charge in [0.05, 0.1) is 12.4 Å². The maximum Gasteiger partial charge on any atom is 0.242 e. The number of aliphatic hydroxyl groups excluding tert-OH is 1. The highest BCUT2D eigenvalue weighted by Gasteiger charge is 2.21. The van der Waals surface area contributed by atoms with Crippen LogP contribution >= 0.6 is 0 Å². The van der Waals surface area contributed by atoms with E-state index in [0.717, 1.165) is 5.56 Å². The zero-order valence-corrected chi connectivity index (χ0v) is 12.0. The van der Waals surface area contributed by atoms with Crippen molar-refractivity contribution in [1.82, 2.24) is 0 Å². The molecule has 0 aliphatic heterocycles.